The molecule has 1 heterocycles. The van der Waals surface area contributed by atoms with Crippen molar-refractivity contribution < 1.29 is 4.39 Å². The SMILES string of the molecule is CC(C)(F)c1ccnnc1. The minimum atomic E-state index is -1.31. The molecule has 0 saturated heterocycles. The Labute approximate surface area is 59.1 Å². The maximum absolute atomic E-state index is 13.1. The zero-order chi connectivity index (χ0) is 7.61. The molecule has 1 rings (SSSR count). The lowest BCUT2D eigenvalue weighted by molar-refractivity contribution is 0.220. The quantitative estimate of drug-likeness (QED) is 0.593. The predicted molar refractivity (Wildman–Crippen MR) is 36.2 cm³/mol. The maximum Gasteiger partial charge on any atom is 0.132 e. The zero-order valence-corrected chi connectivity index (χ0v) is 6.00. The van der Waals surface area contributed by atoms with Crippen molar-refractivity contribution in [2.45, 2.75) is 19.5 Å². The molecule has 0 amide bonds. The summed E-state index contributed by atoms with van der Waals surface area (Å²) in [6.07, 6.45) is 2.91. The van der Waals surface area contributed by atoms with Crippen LogP contribution in [0.25, 0.3) is 0 Å². The van der Waals surface area contributed by atoms with Gasteiger partial charge in [0.2, 0.25) is 0 Å². The summed E-state index contributed by atoms with van der Waals surface area (Å²) in [7, 11) is 0. The van der Waals surface area contributed by atoms with Crippen LogP contribution in [-0.2, 0) is 5.67 Å². The highest BCUT2D eigenvalue weighted by atomic mass is 19.1. The van der Waals surface area contributed by atoms with Crippen molar-refractivity contribution >= 4 is 0 Å². The van der Waals surface area contributed by atoms with Crippen molar-refractivity contribution in [3.05, 3.63) is 24.0 Å². The Morgan fingerprint density at radius 3 is 2.40 bits per heavy atom. The van der Waals surface area contributed by atoms with Crippen LogP contribution in [0.2, 0.25) is 0 Å². The first-order chi connectivity index (χ1) is 4.61. The molecule has 1 aromatic rings. The van der Waals surface area contributed by atoms with Gasteiger partial charge in [-0.15, -0.1) is 0 Å². The molecular weight excluding hydrogens is 131 g/mol. The summed E-state index contributed by atoms with van der Waals surface area (Å²) in [6, 6.07) is 1.62. The van der Waals surface area contributed by atoms with Crippen LogP contribution in [0.15, 0.2) is 18.5 Å². The molecular formula is C7H9FN2. The number of aromatic nitrogens is 2. The van der Waals surface area contributed by atoms with Gasteiger partial charge >= 0.3 is 0 Å². The molecule has 54 valence electrons. The summed E-state index contributed by atoms with van der Waals surface area (Å²) in [6.45, 7) is 2.98. The standard InChI is InChI=1S/C7H9FN2/c1-7(2,8)6-3-4-9-10-5-6/h3-5H,1-2H3. The second kappa shape index (κ2) is 2.33. The van der Waals surface area contributed by atoms with Gasteiger partial charge in [-0.1, -0.05) is 0 Å². The smallest absolute Gasteiger partial charge is 0.132 e. The number of halogens is 1. The second-order valence-corrected chi connectivity index (χ2v) is 2.60. The molecule has 0 bridgehead atoms. The van der Waals surface area contributed by atoms with Crippen LogP contribution in [0.1, 0.15) is 19.4 Å². The third-order valence-corrected chi connectivity index (χ3v) is 1.27. The largest absolute Gasteiger partial charge is 0.239 e. The van der Waals surface area contributed by atoms with E-state index < -0.39 is 5.67 Å². The number of hydrogen-bond donors (Lipinski definition) is 0. The minimum absolute atomic E-state index is 0.558. The minimum Gasteiger partial charge on any atom is -0.239 e. The Balaban J connectivity index is 2.97. The van der Waals surface area contributed by atoms with Crippen LogP contribution in [-0.4, -0.2) is 10.2 Å². The van der Waals surface area contributed by atoms with Gasteiger partial charge in [-0.2, -0.15) is 10.2 Å². The lowest BCUT2D eigenvalue weighted by Gasteiger charge is -2.12. The van der Waals surface area contributed by atoms with E-state index in [4.69, 9.17) is 0 Å². The lowest BCUT2D eigenvalue weighted by atomic mass is 10.0. The van der Waals surface area contributed by atoms with Gasteiger partial charge in [-0.05, 0) is 19.9 Å². The second-order valence-electron chi connectivity index (χ2n) is 2.60. The first-order valence-electron chi connectivity index (χ1n) is 3.07. The van der Waals surface area contributed by atoms with Gasteiger partial charge < -0.3 is 0 Å². The van der Waals surface area contributed by atoms with E-state index in [2.05, 4.69) is 10.2 Å². The Kier molecular flexibility index (Phi) is 1.66. The molecule has 2 nitrogen and oxygen atoms in total. The van der Waals surface area contributed by atoms with Crippen molar-refractivity contribution in [2.24, 2.45) is 0 Å². The third-order valence-electron chi connectivity index (χ3n) is 1.27. The van der Waals surface area contributed by atoms with Crippen LogP contribution >= 0.6 is 0 Å². The Morgan fingerprint density at radius 2 is 2.10 bits per heavy atom. The van der Waals surface area contributed by atoms with Crippen LogP contribution < -0.4 is 0 Å². The van der Waals surface area contributed by atoms with Gasteiger partial charge in [0.15, 0.2) is 0 Å². The average molecular weight is 140 g/mol. The Morgan fingerprint density at radius 1 is 1.40 bits per heavy atom. The van der Waals surface area contributed by atoms with Crippen LogP contribution in [0, 0.1) is 0 Å². The zero-order valence-electron chi connectivity index (χ0n) is 6.00. The maximum atomic E-state index is 13.1. The number of nitrogens with zero attached hydrogens (tertiary/aromatic N) is 2. The van der Waals surface area contributed by atoms with E-state index in [9.17, 15) is 4.39 Å². The molecule has 10 heavy (non-hydrogen) atoms. The highest BCUT2D eigenvalue weighted by Gasteiger charge is 2.17. The first-order valence-corrected chi connectivity index (χ1v) is 3.07. The van der Waals surface area contributed by atoms with E-state index in [-0.39, 0.29) is 0 Å². The summed E-state index contributed by atoms with van der Waals surface area (Å²) < 4.78 is 13.1. The number of hydrogen-bond acceptors (Lipinski definition) is 2. The third kappa shape index (κ3) is 1.50. The molecule has 0 aliphatic heterocycles. The van der Waals surface area contributed by atoms with Gasteiger partial charge in [0.25, 0.3) is 0 Å². The first kappa shape index (κ1) is 7.12. The summed E-state index contributed by atoms with van der Waals surface area (Å²) >= 11 is 0. The molecule has 0 aromatic carbocycles. The molecule has 1 aromatic heterocycles. The summed E-state index contributed by atoms with van der Waals surface area (Å²) in [4.78, 5) is 0. The summed E-state index contributed by atoms with van der Waals surface area (Å²) in [5, 5.41) is 7.10. The predicted octanol–water partition coefficient (Wildman–Crippen LogP) is 1.68. The van der Waals surface area contributed by atoms with Crippen molar-refractivity contribution in [1.82, 2.24) is 10.2 Å². The van der Waals surface area contributed by atoms with E-state index in [1.807, 2.05) is 0 Å². The van der Waals surface area contributed by atoms with E-state index in [1.54, 1.807) is 6.07 Å². The van der Waals surface area contributed by atoms with Crippen molar-refractivity contribution in [3.8, 4) is 0 Å². The van der Waals surface area contributed by atoms with Crippen LogP contribution in [0.4, 0.5) is 4.39 Å². The molecule has 0 aliphatic rings. The Bertz CT molecular complexity index is 203. The fourth-order valence-electron chi connectivity index (χ4n) is 0.642. The van der Waals surface area contributed by atoms with Crippen molar-refractivity contribution in [3.63, 3.8) is 0 Å². The molecule has 0 fully saturated rings. The van der Waals surface area contributed by atoms with E-state index in [0.717, 1.165) is 0 Å². The van der Waals surface area contributed by atoms with Gasteiger partial charge in [0.1, 0.15) is 5.67 Å². The molecule has 0 atom stereocenters. The molecule has 0 aliphatic carbocycles. The molecule has 3 heteroatoms. The van der Waals surface area contributed by atoms with Gasteiger partial charge in [0.05, 0.1) is 6.20 Å². The molecule has 0 N–H and O–H groups in total. The lowest BCUT2D eigenvalue weighted by Crippen LogP contribution is -2.09. The summed E-state index contributed by atoms with van der Waals surface area (Å²) in [5.74, 6) is 0. The van der Waals surface area contributed by atoms with E-state index in [1.165, 1.54) is 26.2 Å². The fourth-order valence-corrected chi connectivity index (χ4v) is 0.642. The van der Waals surface area contributed by atoms with Crippen molar-refractivity contribution in [1.29, 1.82) is 0 Å². The van der Waals surface area contributed by atoms with Gasteiger partial charge in [-0.25, -0.2) is 4.39 Å². The summed E-state index contributed by atoms with van der Waals surface area (Å²) in [5.41, 5.74) is -0.752. The monoisotopic (exact) mass is 140 g/mol. The molecule has 0 radical (unpaired) electrons. The van der Waals surface area contributed by atoms with Gasteiger partial charge in [0, 0.05) is 11.8 Å². The highest BCUT2D eigenvalue weighted by molar-refractivity contribution is 5.13. The molecule has 0 saturated carbocycles. The van der Waals surface area contributed by atoms with E-state index >= 15 is 0 Å². The van der Waals surface area contributed by atoms with Crippen molar-refractivity contribution in [2.75, 3.05) is 0 Å². The molecule has 0 spiro atoms. The Hall–Kier alpha value is -0.990. The number of alkyl halides is 1. The fraction of sp³-hybridized carbons (Fsp3) is 0.429. The average Bonchev–Trinajstić information content (AvgIpc) is 1.88. The topological polar surface area (TPSA) is 25.8 Å². The van der Waals surface area contributed by atoms with Gasteiger partial charge in [-0.3, -0.25) is 0 Å². The number of rotatable bonds is 1. The van der Waals surface area contributed by atoms with E-state index in [0.29, 0.717) is 5.56 Å². The highest BCUT2D eigenvalue weighted by Crippen LogP contribution is 2.22. The molecule has 0 unspecified atom stereocenters. The van der Waals surface area contributed by atoms with Crippen LogP contribution in [0.3, 0.4) is 0 Å². The normalized spacial score (nSPS) is 11.5. The van der Waals surface area contributed by atoms with Crippen LogP contribution in [0.5, 0.6) is 0 Å².